The first kappa shape index (κ1) is 20.8. The van der Waals surface area contributed by atoms with Crippen molar-refractivity contribution in [2.75, 3.05) is 19.6 Å². The normalized spacial score (nSPS) is 24.1. The van der Waals surface area contributed by atoms with Gasteiger partial charge in [0.2, 0.25) is 0 Å². The van der Waals surface area contributed by atoms with Gasteiger partial charge in [-0.25, -0.2) is 0 Å². The number of aliphatic hydroxyl groups is 1. The van der Waals surface area contributed by atoms with Crippen molar-refractivity contribution in [2.24, 2.45) is 5.92 Å². The van der Waals surface area contributed by atoms with Gasteiger partial charge in [0.1, 0.15) is 0 Å². The van der Waals surface area contributed by atoms with Gasteiger partial charge in [-0.15, -0.1) is 6.58 Å². The maximum absolute atomic E-state index is 9.94. The number of hydrogen-bond donors (Lipinski definition) is 2. The Kier molecular flexibility index (Phi) is 10.3. The Bertz CT molecular complexity index is 493. The number of nitrogens with zero attached hydrogens (tertiary/aromatic N) is 2. The van der Waals surface area contributed by atoms with Crippen molar-refractivity contribution >= 4 is 35.3 Å². The van der Waals surface area contributed by atoms with Crippen LogP contribution in [0.3, 0.4) is 0 Å². The van der Waals surface area contributed by atoms with Crippen LogP contribution in [0.15, 0.2) is 17.0 Å². The molecule has 0 aromatic carbocycles. The SMILES string of the molecule is C=CC1CCC(O)C(Sc2n[nH]c(=S)s2)C1.CCN(CC)CC. The van der Waals surface area contributed by atoms with Gasteiger partial charge in [0.25, 0.3) is 0 Å². The quantitative estimate of drug-likeness (QED) is 0.572. The van der Waals surface area contributed by atoms with Gasteiger partial charge in [0.05, 0.1) is 6.10 Å². The molecule has 1 heterocycles. The van der Waals surface area contributed by atoms with Crippen LogP contribution >= 0.6 is 35.3 Å². The highest BCUT2D eigenvalue weighted by molar-refractivity contribution is 8.01. The minimum atomic E-state index is -0.237. The molecule has 3 unspecified atom stereocenters. The zero-order valence-electron chi connectivity index (χ0n) is 14.3. The molecular formula is C16H29N3OS3. The molecule has 1 aliphatic rings. The highest BCUT2D eigenvalue weighted by Crippen LogP contribution is 2.37. The van der Waals surface area contributed by atoms with E-state index in [1.807, 2.05) is 6.08 Å². The Balaban J connectivity index is 0.000000322. The highest BCUT2D eigenvalue weighted by Gasteiger charge is 2.29. The molecule has 132 valence electrons. The summed E-state index contributed by atoms with van der Waals surface area (Å²) in [4.78, 5) is 2.38. The second-order valence-corrected chi connectivity index (χ2v) is 8.68. The van der Waals surface area contributed by atoms with E-state index in [1.54, 1.807) is 11.8 Å². The Morgan fingerprint density at radius 1 is 1.39 bits per heavy atom. The van der Waals surface area contributed by atoms with Crippen molar-refractivity contribution in [2.45, 2.75) is 55.7 Å². The zero-order chi connectivity index (χ0) is 17.2. The Morgan fingerprint density at radius 3 is 2.48 bits per heavy atom. The van der Waals surface area contributed by atoms with Crippen molar-refractivity contribution < 1.29 is 5.11 Å². The first-order valence-electron chi connectivity index (χ1n) is 8.29. The second kappa shape index (κ2) is 11.4. The number of rotatable bonds is 6. The minimum Gasteiger partial charge on any atom is -0.392 e. The summed E-state index contributed by atoms with van der Waals surface area (Å²) >= 11 is 8.08. The van der Waals surface area contributed by atoms with E-state index in [1.165, 1.54) is 31.0 Å². The van der Waals surface area contributed by atoms with E-state index in [4.69, 9.17) is 12.2 Å². The number of thioether (sulfide) groups is 1. The lowest BCUT2D eigenvalue weighted by Gasteiger charge is -2.30. The van der Waals surface area contributed by atoms with E-state index >= 15 is 0 Å². The largest absolute Gasteiger partial charge is 0.392 e. The van der Waals surface area contributed by atoms with Crippen LogP contribution in [0, 0.1) is 9.87 Å². The standard InChI is InChI=1S/C10H14N2OS3.C6H15N/c1-2-6-3-4-7(13)8(5-6)15-10-12-11-9(14)16-10;1-4-7(5-2)6-3/h2,6-8,13H,1,3-5H2,(H,11,14);4-6H2,1-3H3. The fraction of sp³-hybridized carbons (Fsp3) is 0.750. The van der Waals surface area contributed by atoms with E-state index in [-0.39, 0.29) is 11.4 Å². The summed E-state index contributed by atoms with van der Waals surface area (Å²) in [7, 11) is 0. The van der Waals surface area contributed by atoms with Crippen LogP contribution in [0.5, 0.6) is 0 Å². The van der Waals surface area contributed by atoms with Crippen LogP contribution in [0.25, 0.3) is 0 Å². The number of aliphatic hydroxyl groups excluding tert-OH is 1. The van der Waals surface area contributed by atoms with E-state index in [0.717, 1.165) is 23.6 Å². The van der Waals surface area contributed by atoms with Gasteiger partial charge < -0.3 is 10.0 Å². The van der Waals surface area contributed by atoms with Crippen molar-refractivity contribution in [3.63, 3.8) is 0 Å². The molecule has 1 fully saturated rings. The predicted octanol–water partition coefficient (Wildman–Crippen LogP) is 4.36. The first-order chi connectivity index (χ1) is 11.0. The van der Waals surface area contributed by atoms with Gasteiger partial charge in [-0.3, -0.25) is 5.10 Å². The summed E-state index contributed by atoms with van der Waals surface area (Å²) in [5, 5.41) is 17.0. The maximum atomic E-state index is 9.94. The van der Waals surface area contributed by atoms with Gasteiger partial charge in [0, 0.05) is 5.25 Å². The Hall–Kier alpha value is -0.210. The summed E-state index contributed by atoms with van der Waals surface area (Å²) in [6, 6.07) is 0. The molecule has 2 N–H and O–H groups in total. The van der Waals surface area contributed by atoms with E-state index < -0.39 is 0 Å². The molecule has 0 radical (unpaired) electrons. The minimum absolute atomic E-state index is 0.214. The summed E-state index contributed by atoms with van der Waals surface area (Å²) in [5.74, 6) is 0.521. The van der Waals surface area contributed by atoms with Crippen LogP contribution < -0.4 is 0 Å². The Morgan fingerprint density at radius 2 is 2.04 bits per heavy atom. The number of aromatic nitrogens is 2. The van der Waals surface area contributed by atoms with E-state index in [0.29, 0.717) is 9.87 Å². The molecule has 1 saturated carbocycles. The number of nitrogens with one attached hydrogen (secondary N) is 1. The summed E-state index contributed by atoms with van der Waals surface area (Å²) < 4.78 is 1.60. The van der Waals surface area contributed by atoms with Gasteiger partial charge in [-0.1, -0.05) is 49.9 Å². The third-order valence-electron chi connectivity index (χ3n) is 4.14. The fourth-order valence-corrected chi connectivity index (χ4v) is 5.14. The number of aromatic amines is 1. The van der Waals surface area contributed by atoms with Crippen molar-refractivity contribution in [1.29, 1.82) is 0 Å². The topological polar surface area (TPSA) is 52.2 Å². The summed E-state index contributed by atoms with van der Waals surface area (Å²) in [6.45, 7) is 14.0. The Labute approximate surface area is 153 Å². The van der Waals surface area contributed by atoms with Gasteiger partial charge in [-0.2, -0.15) is 5.10 Å². The molecular weight excluding hydrogens is 346 g/mol. The number of allylic oxidation sites excluding steroid dienone is 1. The summed E-state index contributed by atoms with van der Waals surface area (Å²) in [6.07, 6.45) is 4.62. The molecule has 0 amide bonds. The van der Waals surface area contributed by atoms with Crippen LogP contribution in [0.2, 0.25) is 0 Å². The van der Waals surface area contributed by atoms with Gasteiger partial charge in [0.15, 0.2) is 8.29 Å². The van der Waals surface area contributed by atoms with Crippen LogP contribution in [-0.2, 0) is 0 Å². The van der Waals surface area contributed by atoms with Crippen LogP contribution in [-0.4, -0.2) is 51.2 Å². The predicted molar refractivity (Wildman–Crippen MR) is 104 cm³/mol. The molecule has 1 aromatic rings. The molecule has 0 saturated heterocycles. The van der Waals surface area contributed by atoms with Gasteiger partial charge >= 0.3 is 0 Å². The number of H-pyrrole nitrogens is 1. The van der Waals surface area contributed by atoms with Crippen LogP contribution in [0.4, 0.5) is 0 Å². The first-order valence-corrected chi connectivity index (χ1v) is 10.4. The molecule has 0 bridgehead atoms. The zero-order valence-corrected chi connectivity index (χ0v) is 16.8. The molecule has 0 aliphatic heterocycles. The van der Waals surface area contributed by atoms with Crippen LogP contribution in [0.1, 0.15) is 40.0 Å². The molecule has 23 heavy (non-hydrogen) atoms. The van der Waals surface area contributed by atoms with Gasteiger partial charge in [-0.05, 0) is 57.0 Å². The lowest BCUT2D eigenvalue weighted by Crippen LogP contribution is -2.30. The average Bonchev–Trinajstić information content (AvgIpc) is 2.97. The monoisotopic (exact) mass is 375 g/mol. The second-order valence-electron chi connectivity index (χ2n) is 5.53. The number of hydrogen-bond acceptors (Lipinski definition) is 6. The molecule has 1 aliphatic carbocycles. The van der Waals surface area contributed by atoms with E-state index in [9.17, 15) is 5.11 Å². The highest BCUT2D eigenvalue weighted by atomic mass is 32.2. The molecule has 0 spiro atoms. The van der Waals surface area contributed by atoms with E-state index in [2.05, 4.69) is 42.4 Å². The third-order valence-corrected chi connectivity index (χ3v) is 6.67. The smallest absolute Gasteiger partial charge is 0.177 e. The average molecular weight is 376 g/mol. The molecule has 1 aromatic heterocycles. The molecule has 7 heteroatoms. The van der Waals surface area contributed by atoms with Crippen molar-refractivity contribution in [3.8, 4) is 0 Å². The maximum Gasteiger partial charge on any atom is 0.177 e. The fourth-order valence-electron chi connectivity index (χ4n) is 2.55. The lowest BCUT2D eigenvalue weighted by atomic mass is 9.87. The molecule has 2 rings (SSSR count). The molecule has 3 atom stereocenters. The third kappa shape index (κ3) is 7.47. The lowest BCUT2D eigenvalue weighted by molar-refractivity contribution is 0.125. The molecule has 4 nitrogen and oxygen atoms in total. The summed E-state index contributed by atoms with van der Waals surface area (Å²) in [5.41, 5.74) is 0. The van der Waals surface area contributed by atoms with Crippen molar-refractivity contribution in [1.82, 2.24) is 15.1 Å². The van der Waals surface area contributed by atoms with Crippen molar-refractivity contribution in [3.05, 3.63) is 16.6 Å².